The summed E-state index contributed by atoms with van der Waals surface area (Å²) in [5, 5.41) is 3.55. The van der Waals surface area contributed by atoms with Gasteiger partial charge < -0.3 is 11.1 Å². The van der Waals surface area contributed by atoms with Crippen LogP contribution in [0.5, 0.6) is 0 Å². The molecule has 0 spiro atoms. The number of hydrogen-bond donors (Lipinski definition) is 2. The predicted molar refractivity (Wildman–Crippen MR) is 114 cm³/mol. The molecule has 2 nitrogen and oxygen atoms in total. The fraction of sp³-hybridized carbons (Fsp3) is 0.478. The second-order valence-corrected chi connectivity index (χ2v) is 6.51. The Balaban J connectivity index is 0.00000101. The van der Waals surface area contributed by atoms with Crippen LogP contribution in [0.1, 0.15) is 51.2 Å². The second kappa shape index (κ2) is 15.9. The van der Waals surface area contributed by atoms with E-state index in [2.05, 4.69) is 56.6 Å². The molecule has 1 unspecified atom stereocenters. The minimum absolute atomic E-state index is 0.625. The first kappa shape index (κ1) is 23.4. The largest absolute Gasteiger partial charge is 0.326 e. The van der Waals surface area contributed by atoms with Crippen LogP contribution in [0, 0.1) is 5.92 Å². The minimum Gasteiger partial charge on any atom is -0.326 e. The van der Waals surface area contributed by atoms with E-state index >= 15 is 0 Å². The molecule has 0 aromatic heterocycles. The quantitative estimate of drug-likeness (QED) is 0.321. The summed E-state index contributed by atoms with van der Waals surface area (Å²) < 4.78 is 0. The highest BCUT2D eigenvalue weighted by Crippen LogP contribution is 2.16. The van der Waals surface area contributed by atoms with Gasteiger partial charge in [0.1, 0.15) is 0 Å². The fourth-order valence-electron chi connectivity index (χ4n) is 2.66. The molecule has 0 bridgehead atoms. The molecule has 0 amide bonds. The SMILES string of the molecule is C=C(C)CC(CC)CCNCCc1cccc(CN)c1.C=C/C=C\C. The van der Waals surface area contributed by atoms with Gasteiger partial charge in [-0.25, -0.2) is 0 Å². The van der Waals surface area contributed by atoms with Crippen LogP contribution in [0.25, 0.3) is 0 Å². The van der Waals surface area contributed by atoms with Crippen molar-refractivity contribution >= 4 is 0 Å². The van der Waals surface area contributed by atoms with Crippen LogP contribution in [-0.2, 0) is 13.0 Å². The summed E-state index contributed by atoms with van der Waals surface area (Å²) in [6, 6.07) is 8.56. The van der Waals surface area contributed by atoms with Crippen molar-refractivity contribution in [1.29, 1.82) is 0 Å². The first-order chi connectivity index (χ1) is 12.1. The summed E-state index contributed by atoms with van der Waals surface area (Å²) in [4.78, 5) is 0. The van der Waals surface area contributed by atoms with Crippen molar-refractivity contribution in [2.24, 2.45) is 11.7 Å². The van der Waals surface area contributed by atoms with Crippen LogP contribution in [-0.4, -0.2) is 13.1 Å². The molecular weight excluding hydrogens is 304 g/mol. The Morgan fingerprint density at radius 2 is 2.00 bits per heavy atom. The molecule has 0 saturated heterocycles. The molecule has 0 aliphatic heterocycles. The van der Waals surface area contributed by atoms with Crippen molar-refractivity contribution in [1.82, 2.24) is 5.32 Å². The predicted octanol–water partition coefficient (Wildman–Crippen LogP) is 5.41. The average Bonchev–Trinajstić information content (AvgIpc) is 2.61. The monoisotopic (exact) mass is 342 g/mol. The molecule has 1 atom stereocenters. The molecule has 25 heavy (non-hydrogen) atoms. The van der Waals surface area contributed by atoms with Gasteiger partial charge in [0.25, 0.3) is 0 Å². The number of allylic oxidation sites excluding steroid dienone is 4. The maximum absolute atomic E-state index is 5.66. The van der Waals surface area contributed by atoms with E-state index in [1.165, 1.54) is 29.5 Å². The topological polar surface area (TPSA) is 38.0 Å². The lowest BCUT2D eigenvalue weighted by Crippen LogP contribution is -2.21. The smallest absolute Gasteiger partial charge is 0.0178 e. The molecule has 1 aromatic rings. The van der Waals surface area contributed by atoms with Gasteiger partial charge in [-0.1, -0.05) is 68.0 Å². The molecule has 1 aromatic carbocycles. The van der Waals surface area contributed by atoms with E-state index < -0.39 is 0 Å². The third kappa shape index (κ3) is 13.3. The molecule has 0 radical (unpaired) electrons. The number of nitrogens with one attached hydrogen (secondary N) is 1. The number of benzene rings is 1. The molecule has 0 heterocycles. The Morgan fingerprint density at radius 3 is 2.52 bits per heavy atom. The standard InChI is InChI=1S/C18H30N2.C5H8/c1-4-16(12-15(2)3)8-10-20-11-9-17-6-5-7-18(13-17)14-19;1-3-5-4-2/h5-7,13,16,20H,2,4,8-12,14,19H2,1,3H3;3-5H,1H2,2H3/b;5-4-. The van der Waals surface area contributed by atoms with Gasteiger partial charge >= 0.3 is 0 Å². The van der Waals surface area contributed by atoms with Crippen molar-refractivity contribution < 1.29 is 0 Å². The number of nitrogens with two attached hydrogens (primary N) is 1. The van der Waals surface area contributed by atoms with Gasteiger partial charge in [-0.2, -0.15) is 0 Å². The average molecular weight is 343 g/mol. The van der Waals surface area contributed by atoms with Gasteiger partial charge in [0, 0.05) is 6.54 Å². The van der Waals surface area contributed by atoms with E-state index in [4.69, 9.17) is 5.73 Å². The molecule has 0 aliphatic rings. The van der Waals surface area contributed by atoms with Crippen molar-refractivity contribution in [2.75, 3.05) is 13.1 Å². The van der Waals surface area contributed by atoms with E-state index in [1.807, 2.05) is 19.1 Å². The fourth-order valence-corrected chi connectivity index (χ4v) is 2.66. The lowest BCUT2D eigenvalue weighted by Gasteiger charge is -2.15. The summed E-state index contributed by atoms with van der Waals surface area (Å²) in [6.07, 6.45) is 10.3. The summed E-state index contributed by atoms with van der Waals surface area (Å²) in [5.74, 6) is 0.778. The molecule has 2 heteroatoms. The lowest BCUT2D eigenvalue weighted by atomic mass is 9.95. The van der Waals surface area contributed by atoms with Crippen molar-refractivity contribution in [3.8, 4) is 0 Å². The van der Waals surface area contributed by atoms with E-state index in [9.17, 15) is 0 Å². The van der Waals surface area contributed by atoms with E-state index in [0.29, 0.717) is 6.54 Å². The van der Waals surface area contributed by atoms with Crippen LogP contribution in [0.3, 0.4) is 0 Å². The molecule has 0 saturated carbocycles. The zero-order valence-electron chi connectivity index (χ0n) is 16.6. The third-order valence-corrected chi connectivity index (χ3v) is 4.09. The zero-order chi connectivity index (χ0) is 18.9. The van der Waals surface area contributed by atoms with Gasteiger partial charge in [-0.15, -0.1) is 6.58 Å². The Morgan fingerprint density at radius 1 is 1.28 bits per heavy atom. The highest BCUT2D eigenvalue weighted by molar-refractivity contribution is 5.23. The summed E-state index contributed by atoms with van der Waals surface area (Å²) in [6.45, 7) is 16.6. The van der Waals surface area contributed by atoms with Crippen LogP contribution >= 0.6 is 0 Å². The molecule has 1 rings (SSSR count). The second-order valence-electron chi connectivity index (χ2n) is 6.51. The summed E-state index contributed by atoms with van der Waals surface area (Å²) >= 11 is 0. The normalized spacial score (nSPS) is 11.7. The lowest BCUT2D eigenvalue weighted by molar-refractivity contribution is 0.449. The summed E-state index contributed by atoms with van der Waals surface area (Å²) in [7, 11) is 0. The Hall–Kier alpha value is -1.64. The highest BCUT2D eigenvalue weighted by atomic mass is 14.8. The van der Waals surface area contributed by atoms with E-state index in [1.54, 1.807) is 6.08 Å². The van der Waals surface area contributed by atoms with Crippen LogP contribution in [0.2, 0.25) is 0 Å². The number of rotatable bonds is 11. The van der Waals surface area contributed by atoms with Crippen LogP contribution in [0.15, 0.2) is 61.2 Å². The van der Waals surface area contributed by atoms with Crippen molar-refractivity contribution in [3.63, 3.8) is 0 Å². The summed E-state index contributed by atoms with van der Waals surface area (Å²) in [5.41, 5.74) is 9.55. The zero-order valence-corrected chi connectivity index (χ0v) is 16.6. The number of hydrogen-bond acceptors (Lipinski definition) is 2. The van der Waals surface area contributed by atoms with Crippen LogP contribution in [0.4, 0.5) is 0 Å². The third-order valence-electron chi connectivity index (χ3n) is 4.09. The van der Waals surface area contributed by atoms with Gasteiger partial charge in [-0.3, -0.25) is 0 Å². The molecule has 3 N–H and O–H groups in total. The van der Waals surface area contributed by atoms with Gasteiger partial charge in [0.2, 0.25) is 0 Å². The first-order valence-corrected chi connectivity index (χ1v) is 9.44. The van der Waals surface area contributed by atoms with Crippen molar-refractivity contribution in [2.45, 2.75) is 53.0 Å². The molecule has 140 valence electrons. The first-order valence-electron chi connectivity index (χ1n) is 9.44. The molecule has 0 fully saturated rings. The van der Waals surface area contributed by atoms with Gasteiger partial charge in [0.05, 0.1) is 0 Å². The van der Waals surface area contributed by atoms with E-state index in [-0.39, 0.29) is 0 Å². The molecular formula is C23H38N2. The molecule has 0 aliphatic carbocycles. The minimum atomic E-state index is 0.625. The van der Waals surface area contributed by atoms with Crippen LogP contribution < -0.4 is 11.1 Å². The van der Waals surface area contributed by atoms with E-state index in [0.717, 1.165) is 31.8 Å². The van der Waals surface area contributed by atoms with Crippen molar-refractivity contribution in [3.05, 3.63) is 72.4 Å². The maximum atomic E-state index is 5.66. The van der Waals surface area contributed by atoms with Gasteiger partial charge in [0.15, 0.2) is 0 Å². The Labute approximate surface area is 155 Å². The van der Waals surface area contributed by atoms with Gasteiger partial charge in [-0.05, 0) is 63.2 Å². The highest BCUT2D eigenvalue weighted by Gasteiger charge is 2.05. The Kier molecular flexibility index (Phi) is 14.8. The maximum Gasteiger partial charge on any atom is 0.0178 e. The Bertz CT molecular complexity index is 503.